The van der Waals surface area contributed by atoms with Gasteiger partial charge in [-0.1, -0.05) is 26.0 Å². The summed E-state index contributed by atoms with van der Waals surface area (Å²) in [7, 11) is 0. The largest absolute Gasteiger partial charge is 0.364 e. The molecule has 2 unspecified atom stereocenters. The average Bonchev–Trinajstić information content (AvgIpc) is 3.16. The van der Waals surface area contributed by atoms with Gasteiger partial charge in [0.15, 0.2) is 0 Å². The van der Waals surface area contributed by atoms with Crippen LogP contribution in [0.25, 0.3) is 0 Å². The molecule has 2 heterocycles. The molecule has 3 rings (SSSR count). The van der Waals surface area contributed by atoms with Gasteiger partial charge in [-0.15, -0.1) is 0 Å². The SMILES string of the molecule is CCC1(CC)OC1C(C)N1C(=O)c2ccccc2C1=O. The first kappa shape index (κ1) is 13.3. The van der Waals surface area contributed by atoms with Crippen molar-refractivity contribution in [1.82, 2.24) is 4.90 Å². The Morgan fingerprint density at radius 1 is 1.15 bits per heavy atom. The maximum Gasteiger partial charge on any atom is 0.261 e. The van der Waals surface area contributed by atoms with E-state index in [2.05, 4.69) is 13.8 Å². The molecule has 0 bridgehead atoms. The lowest BCUT2D eigenvalue weighted by molar-refractivity contribution is 0.0572. The van der Waals surface area contributed by atoms with Crippen LogP contribution in [0.2, 0.25) is 0 Å². The summed E-state index contributed by atoms with van der Waals surface area (Å²) in [6.07, 6.45) is 1.77. The third-order valence-electron chi connectivity index (χ3n) is 4.69. The number of benzene rings is 1. The number of carbonyl (C=O) groups excluding carboxylic acids is 2. The van der Waals surface area contributed by atoms with Crippen molar-refractivity contribution in [2.45, 2.75) is 51.4 Å². The lowest BCUT2D eigenvalue weighted by atomic mass is 9.94. The molecule has 2 amide bonds. The van der Waals surface area contributed by atoms with Crippen molar-refractivity contribution < 1.29 is 14.3 Å². The summed E-state index contributed by atoms with van der Waals surface area (Å²) in [5, 5.41) is 0. The van der Waals surface area contributed by atoms with E-state index in [1.807, 2.05) is 6.92 Å². The van der Waals surface area contributed by atoms with Gasteiger partial charge in [0.2, 0.25) is 0 Å². The molecule has 0 aliphatic carbocycles. The maximum atomic E-state index is 12.4. The molecule has 20 heavy (non-hydrogen) atoms. The van der Waals surface area contributed by atoms with Crippen molar-refractivity contribution >= 4 is 11.8 Å². The number of ether oxygens (including phenoxy) is 1. The van der Waals surface area contributed by atoms with Gasteiger partial charge < -0.3 is 4.74 Å². The van der Waals surface area contributed by atoms with Crippen LogP contribution in [-0.2, 0) is 4.74 Å². The average molecular weight is 273 g/mol. The molecule has 2 aliphatic heterocycles. The molecule has 0 aromatic heterocycles. The van der Waals surface area contributed by atoms with Gasteiger partial charge in [-0.25, -0.2) is 0 Å². The van der Waals surface area contributed by atoms with E-state index in [0.717, 1.165) is 12.8 Å². The van der Waals surface area contributed by atoms with E-state index in [1.54, 1.807) is 24.3 Å². The molecule has 4 heteroatoms. The van der Waals surface area contributed by atoms with Gasteiger partial charge in [0.05, 0.1) is 22.8 Å². The number of fused-ring (bicyclic) bond motifs is 1. The number of carbonyl (C=O) groups is 2. The van der Waals surface area contributed by atoms with Crippen molar-refractivity contribution in [2.75, 3.05) is 0 Å². The van der Waals surface area contributed by atoms with E-state index < -0.39 is 0 Å². The van der Waals surface area contributed by atoms with Crippen molar-refractivity contribution in [3.8, 4) is 0 Å². The van der Waals surface area contributed by atoms with Crippen molar-refractivity contribution in [1.29, 1.82) is 0 Å². The Kier molecular flexibility index (Phi) is 2.94. The zero-order chi connectivity index (χ0) is 14.5. The highest BCUT2D eigenvalue weighted by molar-refractivity contribution is 6.21. The number of imide groups is 1. The molecule has 2 atom stereocenters. The number of hydrogen-bond acceptors (Lipinski definition) is 3. The molecule has 1 aromatic carbocycles. The second kappa shape index (κ2) is 4.42. The van der Waals surface area contributed by atoms with Gasteiger partial charge in [-0.05, 0) is 31.9 Å². The molecule has 1 fully saturated rings. The zero-order valence-electron chi connectivity index (χ0n) is 12.1. The van der Waals surface area contributed by atoms with Gasteiger partial charge >= 0.3 is 0 Å². The third-order valence-corrected chi connectivity index (χ3v) is 4.69. The van der Waals surface area contributed by atoms with Crippen molar-refractivity contribution in [3.05, 3.63) is 35.4 Å². The minimum Gasteiger partial charge on any atom is -0.364 e. The van der Waals surface area contributed by atoms with Crippen LogP contribution in [0.15, 0.2) is 24.3 Å². The smallest absolute Gasteiger partial charge is 0.261 e. The molecule has 0 spiro atoms. The second-order valence-electron chi connectivity index (χ2n) is 5.58. The molecule has 0 radical (unpaired) electrons. The van der Waals surface area contributed by atoms with Gasteiger partial charge in [-0.2, -0.15) is 0 Å². The second-order valence-corrected chi connectivity index (χ2v) is 5.58. The van der Waals surface area contributed by atoms with Crippen LogP contribution >= 0.6 is 0 Å². The fourth-order valence-electron chi connectivity index (χ4n) is 3.29. The number of rotatable bonds is 4. The highest BCUT2D eigenvalue weighted by Gasteiger charge is 2.59. The summed E-state index contributed by atoms with van der Waals surface area (Å²) in [4.78, 5) is 26.2. The predicted molar refractivity (Wildman–Crippen MR) is 74.6 cm³/mol. The Morgan fingerprint density at radius 2 is 1.65 bits per heavy atom. The summed E-state index contributed by atoms with van der Waals surface area (Å²) in [5.74, 6) is -0.399. The van der Waals surface area contributed by atoms with Crippen molar-refractivity contribution in [3.63, 3.8) is 0 Å². The molecule has 1 saturated heterocycles. The standard InChI is InChI=1S/C16H19NO3/c1-4-16(5-2)13(20-16)10(3)17-14(18)11-8-6-7-9-12(11)15(17)19/h6-10,13H,4-5H2,1-3H3. The summed E-state index contributed by atoms with van der Waals surface area (Å²) in [5.41, 5.74) is 0.849. The van der Waals surface area contributed by atoms with E-state index in [9.17, 15) is 9.59 Å². The van der Waals surface area contributed by atoms with E-state index in [4.69, 9.17) is 4.74 Å². The fraction of sp³-hybridized carbons (Fsp3) is 0.500. The van der Waals surface area contributed by atoms with E-state index in [-0.39, 0.29) is 29.6 Å². The molecule has 0 N–H and O–H groups in total. The molecule has 0 saturated carbocycles. The first-order valence-corrected chi connectivity index (χ1v) is 7.20. The summed E-state index contributed by atoms with van der Waals surface area (Å²) >= 11 is 0. The van der Waals surface area contributed by atoms with Gasteiger partial charge in [0, 0.05) is 0 Å². The van der Waals surface area contributed by atoms with Crippen LogP contribution in [0, 0.1) is 0 Å². The number of amides is 2. The van der Waals surface area contributed by atoms with Crippen LogP contribution in [0.3, 0.4) is 0 Å². The topological polar surface area (TPSA) is 49.9 Å². The minimum absolute atomic E-state index is 0.0419. The monoisotopic (exact) mass is 273 g/mol. The summed E-state index contributed by atoms with van der Waals surface area (Å²) in [6.45, 7) is 6.07. The van der Waals surface area contributed by atoms with Gasteiger partial charge in [-0.3, -0.25) is 14.5 Å². The number of nitrogens with zero attached hydrogens (tertiary/aromatic N) is 1. The zero-order valence-corrected chi connectivity index (χ0v) is 12.1. The molecule has 4 nitrogen and oxygen atoms in total. The maximum absolute atomic E-state index is 12.4. The van der Waals surface area contributed by atoms with Gasteiger partial charge in [0.25, 0.3) is 11.8 Å². The molecule has 1 aromatic rings. The normalized spacial score (nSPS) is 24.8. The molecule has 106 valence electrons. The first-order chi connectivity index (χ1) is 9.55. The Hall–Kier alpha value is -1.68. The summed E-state index contributed by atoms with van der Waals surface area (Å²) in [6, 6.07) is 6.77. The van der Waals surface area contributed by atoms with E-state index in [1.165, 1.54) is 4.90 Å². The molecular weight excluding hydrogens is 254 g/mol. The van der Waals surface area contributed by atoms with Crippen LogP contribution in [0.4, 0.5) is 0 Å². The Bertz CT molecular complexity index is 542. The van der Waals surface area contributed by atoms with Crippen LogP contribution in [-0.4, -0.2) is 34.5 Å². The first-order valence-electron chi connectivity index (χ1n) is 7.20. The van der Waals surface area contributed by atoms with Crippen LogP contribution in [0.1, 0.15) is 54.3 Å². The fourth-order valence-corrected chi connectivity index (χ4v) is 3.29. The molecule has 2 aliphatic rings. The van der Waals surface area contributed by atoms with Crippen LogP contribution in [0.5, 0.6) is 0 Å². The minimum atomic E-state index is -0.220. The van der Waals surface area contributed by atoms with Crippen LogP contribution < -0.4 is 0 Å². The lowest BCUT2D eigenvalue weighted by Gasteiger charge is -2.22. The Balaban J connectivity index is 1.87. The highest BCUT2D eigenvalue weighted by atomic mass is 16.6. The lowest BCUT2D eigenvalue weighted by Crippen LogP contribution is -2.43. The number of hydrogen-bond donors (Lipinski definition) is 0. The molecular formula is C16H19NO3. The highest BCUT2D eigenvalue weighted by Crippen LogP contribution is 2.46. The van der Waals surface area contributed by atoms with Gasteiger partial charge in [0.1, 0.15) is 6.10 Å². The van der Waals surface area contributed by atoms with E-state index >= 15 is 0 Å². The third kappa shape index (κ3) is 1.64. The van der Waals surface area contributed by atoms with E-state index in [0.29, 0.717) is 11.1 Å². The summed E-state index contributed by atoms with van der Waals surface area (Å²) < 4.78 is 5.83. The van der Waals surface area contributed by atoms with Crippen molar-refractivity contribution in [2.24, 2.45) is 0 Å². The Labute approximate surface area is 118 Å². The Morgan fingerprint density at radius 3 is 2.05 bits per heavy atom. The quantitative estimate of drug-likeness (QED) is 0.626. The number of epoxide rings is 1. The predicted octanol–water partition coefficient (Wildman–Crippen LogP) is 2.63.